The first kappa shape index (κ1) is 16.4. The van der Waals surface area contributed by atoms with Gasteiger partial charge in [0.2, 0.25) is 5.91 Å². The highest BCUT2D eigenvalue weighted by atomic mass is 16.5. The van der Waals surface area contributed by atoms with Crippen LogP contribution < -0.4 is 14.8 Å². The number of carbonyl (C=O) groups excluding carboxylic acids is 1. The Bertz CT molecular complexity index is 970. The van der Waals surface area contributed by atoms with Crippen molar-refractivity contribution in [1.82, 2.24) is 4.57 Å². The third-order valence-corrected chi connectivity index (χ3v) is 3.91. The maximum atomic E-state index is 12.4. The van der Waals surface area contributed by atoms with Crippen LogP contribution in [0.4, 0.5) is 5.69 Å². The molecule has 1 N–H and O–H groups in total. The number of nitrogens with zero attached hydrogens (tertiary/aromatic N) is 2. The molecule has 1 amide bonds. The molecule has 6 heteroatoms. The number of hydrogen-bond donors (Lipinski definition) is 1. The van der Waals surface area contributed by atoms with E-state index in [4.69, 9.17) is 9.47 Å². The van der Waals surface area contributed by atoms with Gasteiger partial charge in [-0.2, -0.15) is 5.26 Å². The molecule has 6 nitrogen and oxygen atoms in total. The van der Waals surface area contributed by atoms with Gasteiger partial charge in [0.05, 0.1) is 25.5 Å². The SMILES string of the molecule is COc1ccc(NC(=O)Cn2cc(C#N)c3ccccc32)c(OC)c1. The van der Waals surface area contributed by atoms with Crippen LogP contribution in [0.15, 0.2) is 48.7 Å². The lowest BCUT2D eigenvalue weighted by Crippen LogP contribution is -2.18. The van der Waals surface area contributed by atoms with Crippen LogP contribution in [-0.2, 0) is 11.3 Å². The predicted molar refractivity (Wildman–Crippen MR) is 94.8 cm³/mol. The minimum atomic E-state index is -0.214. The number of anilines is 1. The summed E-state index contributed by atoms with van der Waals surface area (Å²) in [6.07, 6.45) is 1.69. The summed E-state index contributed by atoms with van der Waals surface area (Å²) in [5.41, 5.74) is 1.95. The second-order valence-electron chi connectivity index (χ2n) is 5.41. The first-order chi connectivity index (χ1) is 12.2. The molecule has 2 aromatic carbocycles. The Morgan fingerprint density at radius 3 is 2.72 bits per heavy atom. The Morgan fingerprint density at radius 1 is 1.20 bits per heavy atom. The Labute approximate surface area is 145 Å². The molecule has 3 aromatic rings. The molecule has 0 fully saturated rings. The fraction of sp³-hybridized carbons (Fsp3) is 0.158. The molecule has 0 bridgehead atoms. The number of carbonyl (C=O) groups is 1. The van der Waals surface area contributed by atoms with Gasteiger partial charge in [-0.3, -0.25) is 4.79 Å². The van der Waals surface area contributed by atoms with Gasteiger partial charge in [0.25, 0.3) is 0 Å². The van der Waals surface area contributed by atoms with E-state index >= 15 is 0 Å². The van der Waals surface area contributed by atoms with E-state index in [2.05, 4.69) is 11.4 Å². The first-order valence-corrected chi connectivity index (χ1v) is 7.66. The maximum Gasteiger partial charge on any atom is 0.244 e. The molecule has 1 heterocycles. The van der Waals surface area contributed by atoms with Crippen LogP contribution >= 0.6 is 0 Å². The van der Waals surface area contributed by atoms with Crippen LogP contribution in [0.5, 0.6) is 11.5 Å². The van der Waals surface area contributed by atoms with Crippen molar-refractivity contribution >= 4 is 22.5 Å². The molecule has 126 valence electrons. The van der Waals surface area contributed by atoms with Gasteiger partial charge in [-0.1, -0.05) is 18.2 Å². The fourth-order valence-electron chi connectivity index (χ4n) is 2.71. The lowest BCUT2D eigenvalue weighted by molar-refractivity contribution is -0.116. The summed E-state index contributed by atoms with van der Waals surface area (Å²) < 4.78 is 12.2. The summed E-state index contributed by atoms with van der Waals surface area (Å²) >= 11 is 0. The normalized spacial score (nSPS) is 10.3. The summed E-state index contributed by atoms with van der Waals surface area (Å²) in [6.45, 7) is 0.0946. The molecule has 0 spiro atoms. The van der Waals surface area contributed by atoms with Crippen molar-refractivity contribution in [2.24, 2.45) is 0 Å². The molecule has 1 aromatic heterocycles. The Morgan fingerprint density at radius 2 is 2.00 bits per heavy atom. The van der Waals surface area contributed by atoms with E-state index in [1.165, 1.54) is 7.11 Å². The van der Waals surface area contributed by atoms with Crippen molar-refractivity contribution in [2.45, 2.75) is 6.54 Å². The van der Waals surface area contributed by atoms with Crippen molar-refractivity contribution < 1.29 is 14.3 Å². The zero-order valence-electron chi connectivity index (χ0n) is 13.9. The van der Waals surface area contributed by atoms with Gasteiger partial charge in [-0.15, -0.1) is 0 Å². The molecule has 3 rings (SSSR count). The van der Waals surface area contributed by atoms with Gasteiger partial charge in [0, 0.05) is 23.2 Å². The third kappa shape index (κ3) is 3.26. The van der Waals surface area contributed by atoms with E-state index in [9.17, 15) is 10.1 Å². The predicted octanol–water partition coefficient (Wildman–Crippen LogP) is 3.17. The Balaban J connectivity index is 1.83. The van der Waals surface area contributed by atoms with Crippen molar-refractivity contribution in [3.63, 3.8) is 0 Å². The van der Waals surface area contributed by atoms with E-state index in [0.717, 1.165) is 10.9 Å². The summed E-state index contributed by atoms with van der Waals surface area (Å²) in [6, 6.07) is 14.8. The van der Waals surface area contributed by atoms with Gasteiger partial charge in [-0.05, 0) is 18.2 Å². The van der Waals surface area contributed by atoms with E-state index in [1.54, 1.807) is 36.1 Å². The zero-order chi connectivity index (χ0) is 17.8. The second kappa shape index (κ2) is 6.97. The standard InChI is InChI=1S/C19H17N3O3/c1-24-14-7-8-16(18(9-14)25-2)21-19(23)12-22-11-13(10-20)15-5-3-4-6-17(15)22/h3-9,11H,12H2,1-2H3,(H,21,23). The number of nitriles is 1. The molecular formula is C19H17N3O3. The molecule has 0 aliphatic rings. The highest BCUT2D eigenvalue weighted by molar-refractivity contribution is 5.94. The highest BCUT2D eigenvalue weighted by Gasteiger charge is 2.13. The van der Waals surface area contributed by atoms with Gasteiger partial charge < -0.3 is 19.4 Å². The van der Waals surface area contributed by atoms with Crippen molar-refractivity contribution in [2.75, 3.05) is 19.5 Å². The number of rotatable bonds is 5. The van der Waals surface area contributed by atoms with Crippen molar-refractivity contribution in [1.29, 1.82) is 5.26 Å². The smallest absolute Gasteiger partial charge is 0.244 e. The lowest BCUT2D eigenvalue weighted by atomic mass is 10.2. The van der Waals surface area contributed by atoms with Crippen LogP contribution in [0.1, 0.15) is 5.56 Å². The van der Waals surface area contributed by atoms with Crippen LogP contribution in [-0.4, -0.2) is 24.7 Å². The first-order valence-electron chi connectivity index (χ1n) is 7.66. The van der Waals surface area contributed by atoms with Gasteiger partial charge in [-0.25, -0.2) is 0 Å². The number of aromatic nitrogens is 1. The number of nitrogens with one attached hydrogen (secondary N) is 1. The topological polar surface area (TPSA) is 76.3 Å². The molecule has 0 radical (unpaired) electrons. The minimum absolute atomic E-state index is 0.0946. The molecule has 0 saturated heterocycles. The van der Waals surface area contributed by atoms with E-state index in [-0.39, 0.29) is 12.5 Å². The molecule has 0 saturated carbocycles. The number of hydrogen-bond acceptors (Lipinski definition) is 4. The average molecular weight is 335 g/mol. The highest BCUT2D eigenvalue weighted by Crippen LogP contribution is 2.29. The summed E-state index contributed by atoms with van der Waals surface area (Å²) in [7, 11) is 3.10. The molecular weight excluding hydrogens is 318 g/mol. The van der Waals surface area contributed by atoms with E-state index < -0.39 is 0 Å². The van der Waals surface area contributed by atoms with E-state index in [0.29, 0.717) is 22.7 Å². The number of ether oxygens (including phenoxy) is 2. The molecule has 0 aliphatic carbocycles. The number of methoxy groups -OCH3 is 2. The Hall–Kier alpha value is -3.46. The number of amides is 1. The number of benzene rings is 2. The number of para-hydroxylation sites is 1. The third-order valence-electron chi connectivity index (χ3n) is 3.91. The van der Waals surface area contributed by atoms with Crippen molar-refractivity contribution in [3.8, 4) is 17.6 Å². The Kier molecular flexibility index (Phi) is 4.57. The van der Waals surface area contributed by atoms with Gasteiger partial charge in [0.15, 0.2) is 0 Å². The molecule has 0 atom stereocenters. The summed E-state index contributed by atoms with van der Waals surface area (Å²) in [5.74, 6) is 0.946. The van der Waals surface area contributed by atoms with Crippen LogP contribution in [0.3, 0.4) is 0 Å². The lowest BCUT2D eigenvalue weighted by Gasteiger charge is -2.12. The van der Waals surface area contributed by atoms with Crippen LogP contribution in [0.2, 0.25) is 0 Å². The summed E-state index contributed by atoms with van der Waals surface area (Å²) in [5, 5.41) is 12.9. The zero-order valence-corrected chi connectivity index (χ0v) is 13.9. The van der Waals surface area contributed by atoms with Crippen LogP contribution in [0, 0.1) is 11.3 Å². The maximum absolute atomic E-state index is 12.4. The molecule has 0 aliphatic heterocycles. The molecule has 0 unspecified atom stereocenters. The minimum Gasteiger partial charge on any atom is -0.497 e. The largest absolute Gasteiger partial charge is 0.497 e. The van der Waals surface area contributed by atoms with E-state index in [1.807, 2.05) is 24.3 Å². The van der Waals surface area contributed by atoms with Gasteiger partial charge >= 0.3 is 0 Å². The second-order valence-corrected chi connectivity index (χ2v) is 5.41. The molecule has 25 heavy (non-hydrogen) atoms. The van der Waals surface area contributed by atoms with Gasteiger partial charge in [0.1, 0.15) is 24.1 Å². The van der Waals surface area contributed by atoms with Crippen LogP contribution in [0.25, 0.3) is 10.9 Å². The fourth-order valence-corrected chi connectivity index (χ4v) is 2.71. The monoisotopic (exact) mass is 335 g/mol. The number of fused-ring (bicyclic) bond motifs is 1. The van der Waals surface area contributed by atoms with Crippen molar-refractivity contribution in [3.05, 3.63) is 54.2 Å². The summed E-state index contributed by atoms with van der Waals surface area (Å²) in [4.78, 5) is 12.4. The quantitative estimate of drug-likeness (QED) is 0.777. The average Bonchev–Trinajstić information content (AvgIpc) is 2.99.